The van der Waals surface area contributed by atoms with E-state index in [1.165, 1.54) is 17.3 Å². The van der Waals surface area contributed by atoms with E-state index in [0.29, 0.717) is 16.5 Å². The van der Waals surface area contributed by atoms with Crippen molar-refractivity contribution in [2.45, 2.75) is 32.9 Å². The van der Waals surface area contributed by atoms with Gasteiger partial charge in [0, 0.05) is 11.4 Å². The van der Waals surface area contributed by atoms with Crippen molar-refractivity contribution in [3.63, 3.8) is 0 Å². The molecule has 35 heavy (non-hydrogen) atoms. The van der Waals surface area contributed by atoms with Crippen LogP contribution in [-0.2, 0) is 4.79 Å². The fraction of sp³-hybridized carbons (Fsp3) is 0.240. The normalized spacial score (nSPS) is 10.7. The lowest BCUT2D eigenvalue weighted by Crippen LogP contribution is -2.18. The van der Waals surface area contributed by atoms with E-state index in [2.05, 4.69) is 26.9 Å². The number of thioether (sulfide) groups is 1. The summed E-state index contributed by atoms with van der Waals surface area (Å²) in [6.07, 6.45) is 0. The third-order valence-corrected chi connectivity index (χ3v) is 6.84. The molecule has 0 bridgehead atoms. The number of benzene rings is 2. The zero-order valence-corrected chi connectivity index (χ0v) is 21.0. The molecule has 0 atom stereocenters. The molecule has 1 N–H and O–H groups in total. The van der Waals surface area contributed by atoms with Gasteiger partial charge in [0.1, 0.15) is 17.6 Å². The van der Waals surface area contributed by atoms with E-state index < -0.39 is 0 Å². The summed E-state index contributed by atoms with van der Waals surface area (Å²) in [5.74, 6) is 0.960. The Bertz CT molecular complexity index is 1430. The molecule has 1 amide bonds. The Hall–Kier alpha value is -4.10. The van der Waals surface area contributed by atoms with E-state index in [4.69, 9.17) is 4.74 Å². The lowest BCUT2D eigenvalue weighted by Gasteiger charge is -2.13. The minimum Gasteiger partial charge on any atom is -0.497 e. The number of nitrogens with one attached hydrogen (secondary N) is 1. The van der Waals surface area contributed by atoms with E-state index in [1.807, 2.05) is 74.7 Å². The second kappa shape index (κ2) is 10.0. The smallest absolute Gasteiger partial charge is 0.236 e. The number of hydrogen-bond acceptors (Lipinski definition) is 7. The highest BCUT2D eigenvalue weighted by atomic mass is 32.2. The van der Waals surface area contributed by atoms with Crippen LogP contribution in [0.2, 0.25) is 0 Å². The molecule has 10 heteroatoms. The highest BCUT2D eigenvalue weighted by Gasteiger charge is 2.21. The van der Waals surface area contributed by atoms with Crippen molar-refractivity contribution in [3.8, 4) is 23.2 Å². The van der Waals surface area contributed by atoms with Crippen molar-refractivity contribution in [2.24, 2.45) is 0 Å². The Balaban J connectivity index is 1.56. The Morgan fingerprint density at radius 1 is 1.09 bits per heavy atom. The average Bonchev–Trinajstić information content (AvgIpc) is 3.42. The van der Waals surface area contributed by atoms with E-state index >= 15 is 0 Å². The molecule has 0 aliphatic rings. The minimum absolute atomic E-state index is 0.0714. The summed E-state index contributed by atoms with van der Waals surface area (Å²) in [6.45, 7) is 7.86. The summed E-state index contributed by atoms with van der Waals surface area (Å²) in [7, 11) is 1.60. The molecule has 2 aromatic heterocycles. The lowest BCUT2D eigenvalue weighted by molar-refractivity contribution is -0.113. The molecule has 0 radical (unpaired) electrons. The van der Waals surface area contributed by atoms with Crippen LogP contribution in [0.3, 0.4) is 0 Å². The molecule has 0 spiro atoms. The molecule has 2 aromatic carbocycles. The molecule has 0 saturated carbocycles. The van der Waals surface area contributed by atoms with E-state index in [1.54, 1.807) is 11.8 Å². The van der Waals surface area contributed by atoms with Crippen LogP contribution in [-0.4, -0.2) is 43.5 Å². The molecule has 0 fully saturated rings. The molecule has 4 rings (SSSR count). The maximum Gasteiger partial charge on any atom is 0.236 e. The van der Waals surface area contributed by atoms with Gasteiger partial charge >= 0.3 is 0 Å². The highest BCUT2D eigenvalue weighted by Crippen LogP contribution is 2.31. The first-order chi connectivity index (χ1) is 16.8. The van der Waals surface area contributed by atoms with Gasteiger partial charge in [-0.25, -0.2) is 0 Å². The van der Waals surface area contributed by atoms with Crippen LogP contribution < -0.4 is 10.1 Å². The van der Waals surface area contributed by atoms with Crippen molar-refractivity contribution >= 4 is 23.5 Å². The van der Waals surface area contributed by atoms with Crippen LogP contribution in [0.15, 0.2) is 47.6 Å². The van der Waals surface area contributed by atoms with Gasteiger partial charge < -0.3 is 10.1 Å². The predicted octanol–water partition coefficient (Wildman–Crippen LogP) is 4.30. The molecule has 0 saturated heterocycles. The third-order valence-electron chi connectivity index (χ3n) is 5.92. The summed E-state index contributed by atoms with van der Waals surface area (Å²) in [5, 5.41) is 25.1. The molecule has 0 aliphatic heterocycles. The van der Waals surface area contributed by atoms with Crippen LogP contribution >= 0.6 is 11.8 Å². The number of methoxy groups -OCH3 is 1. The van der Waals surface area contributed by atoms with E-state index in [0.717, 1.165) is 33.9 Å². The third kappa shape index (κ3) is 4.76. The minimum atomic E-state index is -0.270. The number of anilines is 1. The number of carbonyl (C=O) groups is 1. The molecular weight excluding hydrogens is 462 g/mol. The first-order valence-corrected chi connectivity index (χ1v) is 11.9. The first-order valence-electron chi connectivity index (χ1n) is 10.9. The van der Waals surface area contributed by atoms with Crippen molar-refractivity contribution < 1.29 is 9.53 Å². The highest BCUT2D eigenvalue weighted by molar-refractivity contribution is 7.99. The van der Waals surface area contributed by atoms with Crippen molar-refractivity contribution in [1.82, 2.24) is 24.8 Å². The SMILES string of the molecule is COc1ccc(-n2c(C)c(C)c(C#N)c2NC(=O)CSc2nnnn2-c2ccc(C)c(C)c2)cc1. The van der Waals surface area contributed by atoms with Gasteiger partial charge in [-0.3, -0.25) is 9.36 Å². The Labute approximate surface area is 207 Å². The quantitative estimate of drug-likeness (QED) is 0.387. The fourth-order valence-electron chi connectivity index (χ4n) is 3.70. The number of hydrogen-bond donors (Lipinski definition) is 1. The monoisotopic (exact) mass is 487 g/mol. The van der Waals surface area contributed by atoms with Crippen molar-refractivity contribution in [3.05, 3.63) is 70.4 Å². The van der Waals surface area contributed by atoms with Gasteiger partial charge in [0.15, 0.2) is 0 Å². The second-order valence-corrected chi connectivity index (χ2v) is 9.00. The van der Waals surface area contributed by atoms with Crippen molar-refractivity contribution in [1.29, 1.82) is 5.26 Å². The zero-order valence-electron chi connectivity index (χ0n) is 20.2. The van der Waals surface area contributed by atoms with Crippen LogP contribution in [0, 0.1) is 39.0 Å². The average molecular weight is 488 g/mol. The topological polar surface area (TPSA) is 111 Å². The molecule has 178 valence electrons. The summed E-state index contributed by atoms with van der Waals surface area (Å²) >= 11 is 1.22. The van der Waals surface area contributed by atoms with Gasteiger partial charge in [0.2, 0.25) is 11.1 Å². The van der Waals surface area contributed by atoms with Gasteiger partial charge in [-0.2, -0.15) is 9.94 Å². The maximum atomic E-state index is 13.0. The number of amides is 1. The predicted molar refractivity (Wildman–Crippen MR) is 134 cm³/mol. The first kappa shape index (κ1) is 24.0. The summed E-state index contributed by atoms with van der Waals surface area (Å²) < 4.78 is 8.73. The van der Waals surface area contributed by atoms with Crippen LogP contribution in [0.4, 0.5) is 5.82 Å². The van der Waals surface area contributed by atoms with Gasteiger partial charge in [0.25, 0.3) is 0 Å². The van der Waals surface area contributed by atoms with Crippen LogP contribution in [0.1, 0.15) is 27.9 Å². The number of carbonyl (C=O) groups excluding carboxylic acids is 1. The van der Waals surface area contributed by atoms with Gasteiger partial charge in [-0.1, -0.05) is 17.8 Å². The fourth-order valence-corrected chi connectivity index (χ4v) is 4.39. The van der Waals surface area contributed by atoms with Gasteiger partial charge in [-0.05, 0) is 91.2 Å². The molecule has 9 nitrogen and oxygen atoms in total. The number of aromatic nitrogens is 5. The van der Waals surface area contributed by atoms with Crippen LogP contribution in [0.25, 0.3) is 11.4 Å². The number of rotatable bonds is 7. The largest absolute Gasteiger partial charge is 0.497 e. The molecule has 0 aliphatic carbocycles. The summed E-state index contributed by atoms with van der Waals surface area (Å²) in [6, 6.07) is 15.6. The van der Waals surface area contributed by atoms with Crippen molar-refractivity contribution in [2.75, 3.05) is 18.2 Å². The number of nitriles is 1. The molecule has 2 heterocycles. The molecule has 4 aromatic rings. The summed E-state index contributed by atoms with van der Waals surface area (Å²) in [5.41, 5.74) is 6.05. The van der Waals surface area contributed by atoms with Gasteiger partial charge in [-0.15, -0.1) is 5.10 Å². The van der Waals surface area contributed by atoms with Crippen LogP contribution in [0.5, 0.6) is 5.75 Å². The standard InChI is InChI=1S/C25H25N7O2S/c1-15-6-7-20(12-16(15)2)32-25(28-29-30-32)35-14-23(33)27-24-22(13-26)17(3)18(4)31(24)19-8-10-21(34-5)11-9-19/h6-12H,14H2,1-5H3,(H,27,33). The summed E-state index contributed by atoms with van der Waals surface area (Å²) in [4.78, 5) is 13.0. The number of tetrazole rings is 1. The van der Waals surface area contributed by atoms with Gasteiger partial charge in [0.05, 0.1) is 24.1 Å². The maximum absolute atomic E-state index is 13.0. The Kier molecular flexibility index (Phi) is 6.89. The van der Waals surface area contributed by atoms with E-state index in [-0.39, 0.29) is 11.7 Å². The molecular formula is C25H25N7O2S. The molecule has 0 unspecified atom stereocenters. The lowest BCUT2D eigenvalue weighted by atomic mass is 10.1. The Morgan fingerprint density at radius 2 is 1.80 bits per heavy atom. The second-order valence-electron chi connectivity index (χ2n) is 8.06. The number of aryl methyl sites for hydroxylation is 2. The van der Waals surface area contributed by atoms with E-state index in [9.17, 15) is 10.1 Å². The number of nitrogens with zero attached hydrogens (tertiary/aromatic N) is 6. The Morgan fingerprint density at radius 3 is 2.46 bits per heavy atom. The number of ether oxygens (including phenoxy) is 1. The zero-order chi connectivity index (χ0) is 25.1.